The Labute approximate surface area is 218 Å². The predicted molar refractivity (Wildman–Crippen MR) is 149 cm³/mol. The van der Waals surface area contributed by atoms with E-state index in [9.17, 15) is 4.79 Å². The minimum Gasteiger partial charge on any atom is -0.497 e. The number of hydrogen-bond acceptors (Lipinski definition) is 7. The van der Waals surface area contributed by atoms with Crippen molar-refractivity contribution in [3.05, 3.63) is 53.6 Å². The molecule has 0 aliphatic carbocycles. The molecule has 3 aromatic rings. The monoisotopic (exact) mass is 510 g/mol. The number of carbonyl (C=O) groups excluding carboxylic acids is 1. The van der Waals surface area contributed by atoms with E-state index in [0.29, 0.717) is 12.4 Å². The molecule has 8 nitrogen and oxygen atoms in total. The van der Waals surface area contributed by atoms with Crippen LogP contribution in [0.25, 0.3) is 22.6 Å². The number of benzene rings is 1. The second kappa shape index (κ2) is 16.3. The van der Waals surface area contributed by atoms with Gasteiger partial charge in [0, 0.05) is 49.9 Å². The number of ether oxygens (including phenoxy) is 1. The summed E-state index contributed by atoms with van der Waals surface area (Å²) in [6, 6.07) is 9.64. The highest BCUT2D eigenvalue weighted by Crippen LogP contribution is 2.29. The average Bonchev–Trinajstić information content (AvgIpc) is 2.88. The van der Waals surface area contributed by atoms with Gasteiger partial charge < -0.3 is 19.9 Å². The highest BCUT2D eigenvalue weighted by molar-refractivity contribution is 7.07. The smallest absolute Gasteiger partial charge is 0.223 e. The van der Waals surface area contributed by atoms with Gasteiger partial charge in [-0.05, 0) is 31.0 Å². The molecule has 0 spiro atoms. The van der Waals surface area contributed by atoms with Crippen LogP contribution < -0.4 is 10.1 Å². The van der Waals surface area contributed by atoms with E-state index in [4.69, 9.17) is 9.72 Å². The van der Waals surface area contributed by atoms with Gasteiger partial charge in [-0.25, -0.2) is 15.0 Å². The molecule has 9 heteroatoms. The van der Waals surface area contributed by atoms with Gasteiger partial charge >= 0.3 is 0 Å². The minimum atomic E-state index is 0.168. The van der Waals surface area contributed by atoms with E-state index in [1.54, 1.807) is 23.7 Å². The first-order chi connectivity index (χ1) is 17.5. The first-order valence-electron chi connectivity index (χ1n) is 12.3. The summed E-state index contributed by atoms with van der Waals surface area (Å²) in [6.07, 6.45) is 7.22. The van der Waals surface area contributed by atoms with Crippen LogP contribution in [0.4, 0.5) is 5.95 Å². The van der Waals surface area contributed by atoms with Crippen molar-refractivity contribution in [3.8, 4) is 28.4 Å². The Morgan fingerprint density at radius 2 is 1.97 bits per heavy atom. The molecule has 0 fully saturated rings. The predicted octanol–water partition coefficient (Wildman–Crippen LogP) is 6.21. The van der Waals surface area contributed by atoms with Gasteiger partial charge in [0.1, 0.15) is 5.75 Å². The Balaban J connectivity index is 0.00000145. The van der Waals surface area contributed by atoms with Gasteiger partial charge in [-0.1, -0.05) is 39.3 Å². The van der Waals surface area contributed by atoms with Crippen LogP contribution in [-0.2, 0) is 4.79 Å². The molecule has 1 amide bonds. The lowest BCUT2D eigenvalue weighted by molar-refractivity contribution is -0.129. The van der Waals surface area contributed by atoms with Crippen LogP contribution in [0.1, 0.15) is 46.5 Å². The fourth-order valence-electron chi connectivity index (χ4n) is 3.24. The first-order valence-corrected chi connectivity index (χ1v) is 13.3. The number of nitrogens with zero attached hydrogens (tertiary/aromatic N) is 4. The number of methoxy groups -OCH3 is 1. The van der Waals surface area contributed by atoms with Crippen LogP contribution in [-0.4, -0.2) is 58.0 Å². The second-order valence-electron chi connectivity index (χ2n) is 8.05. The molecule has 0 bridgehead atoms. The van der Waals surface area contributed by atoms with E-state index in [2.05, 4.69) is 34.1 Å². The number of amides is 1. The molecule has 2 N–H and O–H groups in total. The van der Waals surface area contributed by atoms with Crippen molar-refractivity contribution in [1.29, 1.82) is 0 Å². The number of aromatic amines is 1. The Morgan fingerprint density at radius 1 is 1.17 bits per heavy atom. The van der Waals surface area contributed by atoms with E-state index < -0.39 is 0 Å². The molecule has 0 saturated heterocycles. The van der Waals surface area contributed by atoms with Crippen molar-refractivity contribution in [3.63, 3.8) is 0 Å². The molecule has 36 heavy (non-hydrogen) atoms. The van der Waals surface area contributed by atoms with Gasteiger partial charge in [0.15, 0.2) is 0 Å². The summed E-state index contributed by atoms with van der Waals surface area (Å²) in [7, 11) is 3.49. The Hall–Kier alpha value is -3.46. The van der Waals surface area contributed by atoms with E-state index in [0.717, 1.165) is 54.3 Å². The van der Waals surface area contributed by atoms with Crippen LogP contribution in [0.3, 0.4) is 0 Å². The summed E-state index contributed by atoms with van der Waals surface area (Å²) in [5.41, 5.74) is 4.99. The van der Waals surface area contributed by atoms with Gasteiger partial charge in [-0.3, -0.25) is 4.79 Å². The van der Waals surface area contributed by atoms with Gasteiger partial charge in [0.25, 0.3) is 0 Å². The third-order valence-electron chi connectivity index (χ3n) is 5.04. The van der Waals surface area contributed by atoms with E-state index in [1.807, 2.05) is 55.9 Å². The van der Waals surface area contributed by atoms with Gasteiger partial charge in [-0.2, -0.15) is 0 Å². The first kappa shape index (κ1) is 28.8. The van der Waals surface area contributed by atoms with Crippen molar-refractivity contribution in [2.75, 3.05) is 32.6 Å². The molecule has 0 unspecified atom stereocenters. The van der Waals surface area contributed by atoms with Crippen LogP contribution in [0.2, 0.25) is 0 Å². The Morgan fingerprint density at radius 3 is 2.72 bits per heavy atom. The molecule has 194 valence electrons. The molecule has 2 aromatic heterocycles. The summed E-state index contributed by atoms with van der Waals surface area (Å²) in [6.45, 7) is 7.60. The second-order valence-corrected chi connectivity index (χ2v) is 8.80. The van der Waals surface area contributed by atoms with Crippen molar-refractivity contribution >= 4 is 23.2 Å². The van der Waals surface area contributed by atoms with Crippen molar-refractivity contribution in [1.82, 2.24) is 24.8 Å². The van der Waals surface area contributed by atoms with E-state index >= 15 is 0 Å². The lowest BCUT2D eigenvalue weighted by Gasteiger charge is -2.16. The minimum absolute atomic E-state index is 0.168. The van der Waals surface area contributed by atoms with Crippen LogP contribution in [0.5, 0.6) is 5.75 Å². The zero-order valence-corrected chi connectivity index (χ0v) is 22.8. The molecule has 3 rings (SSSR count). The number of aromatic nitrogens is 4. The van der Waals surface area contributed by atoms with E-state index in [-0.39, 0.29) is 5.91 Å². The molecule has 0 atom stereocenters. The van der Waals surface area contributed by atoms with E-state index in [1.165, 1.54) is 17.8 Å². The van der Waals surface area contributed by atoms with Gasteiger partial charge in [0.05, 0.1) is 29.7 Å². The maximum Gasteiger partial charge on any atom is 0.223 e. The summed E-state index contributed by atoms with van der Waals surface area (Å²) in [5, 5.41) is 5.21. The SMILES string of the molecule is CCC.CCC(=O)N(C)CCCCNc1nccc(-c2[nH]ccscnc2-c2cccc(OC)c2)n1. The summed E-state index contributed by atoms with van der Waals surface area (Å²) >= 11 is 1.49. The van der Waals surface area contributed by atoms with Gasteiger partial charge in [-0.15, -0.1) is 11.3 Å². The van der Waals surface area contributed by atoms with Crippen molar-refractivity contribution < 1.29 is 9.53 Å². The molecular formula is C27H38N6O2S. The molecule has 2 heterocycles. The zero-order valence-electron chi connectivity index (χ0n) is 22.0. The van der Waals surface area contributed by atoms with Crippen LogP contribution >= 0.6 is 11.3 Å². The molecule has 0 aliphatic rings. The third-order valence-corrected chi connectivity index (χ3v) is 5.56. The number of anilines is 1. The normalized spacial score (nSPS) is 10.0. The largest absolute Gasteiger partial charge is 0.497 e. The number of unbranched alkanes of at least 4 members (excludes halogenated alkanes) is 1. The number of H-pyrrole nitrogens is 1. The number of rotatable bonds is 10. The van der Waals surface area contributed by atoms with Crippen LogP contribution in [0.15, 0.2) is 53.6 Å². The quantitative estimate of drug-likeness (QED) is 0.315. The standard InChI is InChI=1S/C24H30N6O2S.C3H8/c1-4-21(31)30(2)14-6-5-11-26-24-27-12-10-20(29-24)23-22(28-17-33-15-13-25-23)18-8-7-9-19(16-18)32-3;1-3-2/h7-10,12-13,15-17,25H,4-6,11,14H2,1-3H3,(H,26,27,29);3H2,1-2H3. The average molecular weight is 511 g/mol. The van der Waals surface area contributed by atoms with Gasteiger partial charge in [0.2, 0.25) is 11.9 Å². The fraction of sp³-hybridized carbons (Fsp3) is 0.407. The number of nitrogens with one attached hydrogen (secondary N) is 2. The summed E-state index contributed by atoms with van der Waals surface area (Å²) in [4.78, 5) is 30.5. The van der Waals surface area contributed by atoms with Crippen molar-refractivity contribution in [2.45, 2.75) is 46.5 Å². The lowest BCUT2D eigenvalue weighted by Crippen LogP contribution is -2.27. The highest BCUT2D eigenvalue weighted by atomic mass is 32.1. The molecule has 0 radical (unpaired) electrons. The maximum absolute atomic E-state index is 11.7. The molecule has 0 aliphatic heterocycles. The number of hydrogen-bond donors (Lipinski definition) is 2. The Bertz CT molecular complexity index is 1110. The summed E-state index contributed by atoms with van der Waals surface area (Å²) < 4.78 is 5.39. The number of carbonyl (C=O) groups is 1. The third kappa shape index (κ3) is 9.30. The Kier molecular flexibility index (Phi) is 13.0. The lowest BCUT2D eigenvalue weighted by atomic mass is 10.1. The fourth-order valence-corrected chi connectivity index (χ4v) is 3.63. The van der Waals surface area contributed by atoms with Crippen LogP contribution in [0, 0.1) is 0 Å². The summed E-state index contributed by atoms with van der Waals surface area (Å²) in [5.74, 6) is 1.48. The molecule has 1 aromatic carbocycles. The molecule has 0 saturated carbocycles. The molecular weight excluding hydrogens is 472 g/mol. The highest BCUT2D eigenvalue weighted by Gasteiger charge is 2.12. The topological polar surface area (TPSA) is 96.0 Å². The zero-order chi connectivity index (χ0) is 26.2. The van der Waals surface area contributed by atoms with Crippen molar-refractivity contribution in [2.24, 2.45) is 0 Å². The maximum atomic E-state index is 11.7.